The number of phosphoric acid groups is 1. The van der Waals surface area contributed by atoms with E-state index in [2.05, 4.69) is 50.3 Å². The zero-order valence-corrected chi connectivity index (χ0v) is 32.0. The van der Waals surface area contributed by atoms with Crippen LogP contribution in [0.3, 0.4) is 0 Å². The van der Waals surface area contributed by atoms with Crippen LogP contribution in [0.25, 0.3) is 0 Å². The van der Waals surface area contributed by atoms with Gasteiger partial charge in [-0.1, -0.05) is 138 Å². The van der Waals surface area contributed by atoms with Crippen molar-refractivity contribution < 1.29 is 37.6 Å². The van der Waals surface area contributed by atoms with Crippen LogP contribution in [0.1, 0.15) is 136 Å². The summed E-state index contributed by atoms with van der Waals surface area (Å²) in [5.74, 6) is -0.915. The molecule has 0 bridgehead atoms. The SMILES string of the molecule is CC/C=C/C=C/C=C/C=C/CCCCCC(=O)OC(COC(=O)CCCCC/C=C/C=C/CCCCCCCCC)COP(=O)(O)OCCN. The third kappa shape index (κ3) is 35.3. The van der Waals surface area contributed by atoms with E-state index in [0.29, 0.717) is 12.8 Å². The molecular weight excluding hydrogens is 653 g/mol. The Morgan fingerprint density at radius 1 is 0.620 bits per heavy atom. The van der Waals surface area contributed by atoms with Gasteiger partial charge in [-0.3, -0.25) is 18.6 Å². The highest BCUT2D eigenvalue weighted by atomic mass is 31.2. The van der Waals surface area contributed by atoms with Gasteiger partial charge in [0.2, 0.25) is 0 Å². The monoisotopic (exact) mass is 721 g/mol. The third-order valence-corrected chi connectivity index (χ3v) is 8.43. The summed E-state index contributed by atoms with van der Waals surface area (Å²) in [4.78, 5) is 34.7. The van der Waals surface area contributed by atoms with Gasteiger partial charge in [-0.2, -0.15) is 0 Å². The Morgan fingerprint density at radius 3 is 1.66 bits per heavy atom. The molecule has 3 N–H and O–H groups in total. The minimum atomic E-state index is -4.39. The molecule has 0 saturated carbocycles. The van der Waals surface area contributed by atoms with Crippen molar-refractivity contribution in [2.75, 3.05) is 26.4 Å². The van der Waals surface area contributed by atoms with Crippen molar-refractivity contribution in [3.8, 4) is 0 Å². The van der Waals surface area contributed by atoms with E-state index in [4.69, 9.17) is 24.3 Å². The molecule has 0 spiro atoms. The molecule has 0 aromatic rings. The highest BCUT2D eigenvalue weighted by molar-refractivity contribution is 7.47. The van der Waals surface area contributed by atoms with Crippen LogP contribution in [0.15, 0.2) is 72.9 Å². The largest absolute Gasteiger partial charge is 0.472 e. The Bertz CT molecular complexity index is 1050. The van der Waals surface area contributed by atoms with Crippen LogP contribution in [0.4, 0.5) is 0 Å². The van der Waals surface area contributed by atoms with Gasteiger partial charge in [0.05, 0.1) is 13.2 Å². The van der Waals surface area contributed by atoms with Gasteiger partial charge in [0.1, 0.15) is 6.61 Å². The molecule has 2 atom stereocenters. The van der Waals surface area contributed by atoms with Crippen molar-refractivity contribution in [3.05, 3.63) is 72.9 Å². The van der Waals surface area contributed by atoms with Crippen molar-refractivity contribution in [2.24, 2.45) is 5.73 Å². The Labute approximate surface area is 303 Å². The highest BCUT2D eigenvalue weighted by Crippen LogP contribution is 2.43. The summed E-state index contributed by atoms with van der Waals surface area (Å²) in [5.41, 5.74) is 5.32. The summed E-state index contributed by atoms with van der Waals surface area (Å²) in [5, 5.41) is 0. The number of allylic oxidation sites excluding steroid dienone is 12. The zero-order chi connectivity index (χ0) is 36.8. The zero-order valence-electron chi connectivity index (χ0n) is 31.1. The van der Waals surface area contributed by atoms with Crippen LogP contribution < -0.4 is 5.73 Å². The number of ether oxygens (including phenoxy) is 2. The molecule has 0 amide bonds. The van der Waals surface area contributed by atoms with Gasteiger partial charge >= 0.3 is 19.8 Å². The molecule has 9 nitrogen and oxygen atoms in total. The standard InChI is InChI=1S/C40H68NO8P/c1-3-5-7-9-11-13-15-17-18-19-21-22-24-26-28-30-32-39(42)46-36-38(37-48-50(44,45)47-35-34-41)49-40(43)33-31-29-27-25-23-20-16-14-12-10-8-6-4-2/h6,8,10,12,14,16,18-23,38H,3-5,7,9,11,13,15,17,24-37,41H2,1-2H3,(H,44,45)/b8-6+,12-10+,16-14+,19-18+,22-21+,23-20+. The topological polar surface area (TPSA) is 134 Å². The third-order valence-electron chi connectivity index (χ3n) is 7.45. The molecule has 50 heavy (non-hydrogen) atoms. The highest BCUT2D eigenvalue weighted by Gasteiger charge is 2.25. The second-order valence-corrected chi connectivity index (χ2v) is 13.6. The maximum Gasteiger partial charge on any atom is 0.472 e. The van der Waals surface area contributed by atoms with Crippen molar-refractivity contribution in [1.29, 1.82) is 0 Å². The average Bonchev–Trinajstić information content (AvgIpc) is 3.10. The number of rotatable bonds is 34. The number of hydrogen-bond donors (Lipinski definition) is 2. The molecule has 0 aromatic heterocycles. The summed E-state index contributed by atoms with van der Waals surface area (Å²) in [6, 6.07) is 0. The van der Waals surface area contributed by atoms with Crippen molar-refractivity contribution in [3.63, 3.8) is 0 Å². The quantitative estimate of drug-likeness (QED) is 0.0288. The van der Waals surface area contributed by atoms with Gasteiger partial charge in [-0.05, 0) is 57.8 Å². The summed E-state index contributed by atoms with van der Waals surface area (Å²) in [7, 11) is -4.39. The lowest BCUT2D eigenvalue weighted by molar-refractivity contribution is -0.161. The smallest absolute Gasteiger partial charge is 0.462 e. The second kappa shape index (κ2) is 36.2. The fourth-order valence-corrected chi connectivity index (χ4v) is 5.40. The number of hydrogen-bond acceptors (Lipinski definition) is 8. The molecule has 286 valence electrons. The number of esters is 2. The van der Waals surface area contributed by atoms with Gasteiger partial charge in [-0.15, -0.1) is 0 Å². The first-order valence-electron chi connectivity index (χ1n) is 19.0. The summed E-state index contributed by atoms with van der Waals surface area (Å²) >= 11 is 0. The molecule has 2 unspecified atom stereocenters. The fourth-order valence-electron chi connectivity index (χ4n) is 4.63. The lowest BCUT2D eigenvalue weighted by atomic mass is 10.1. The molecule has 0 rings (SSSR count). The number of nitrogens with two attached hydrogens (primary N) is 1. The number of carbonyl (C=O) groups excluding carboxylic acids is 2. The minimum Gasteiger partial charge on any atom is -0.462 e. The Morgan fingerprint density at radius 2 is 1.10 bits per heavy atom. The van der Waals surface area contributed by atoms with E-state index >= 15 is 0 Å². The Hall–Kier alpha value is -2.55. The predicted molar refractivity (Wildman–Crippen MR) is 206 cm³/mol. The van der Waals surface area contributed by atoms with Crippen LogP contribution in [0.5, 0.6) is 0 Å². The van der Waals surface area contributed by atoms with Crippen LogP contribution >= 0.6 is 7.82 Å². The summed E-state index contributed by atoms with van der Waals surface area (Å²) in [6.45, 7) is 3.47. The Balaban J connectivity index is 4.35. The van der Waals surface area contributed by atoms with E-state index in [0.717, 1.165) is 51.4 Å². The summed E-state index contributed by atoms with van der Waals surface area (Å²) < 4.78 is 32.6. The molecule has 0 fully saturated rings. The van der Waals surface area contributed by atoms with E-state index < -0.39 is 32.5 Å². The number of carbonyl (C=O) groups is 2. The van der Waals surface area contributed by atoms with Crippen LogP contribution in [0, 0.1) is 0 Å². The van der Waals surface area contributed by atoms with Crippen molar-refractivity contribution in [1.82, 2.24) is 0 Å². The first-order chi connectivity index (χ1) is 24.3. The van der Waals surface area contributed by atoms with Gasteiger partial charge in [0, 0.05) is 19.4 Å². The maximum absolute atomic E-state index is 12.5. The lowest BCUT2D eigenvalue weighted by Crippen LogP contribution is -2.29. The van der Waals surface area contributed by atoms with E-state index in [-0.39, 0.29) is 32.6 Å². The average molecular weight is 722 g/mol. The van der Waals surface area contributed by atoms with Crippen LogP contribution in [-0.4, -0.2) is 49.3 Å². The molecule has 0 radical (unpaired) electrons. The molecule has 0 aliphatic carbocycles. The molecule has 0 aromatic carbocycles. The predicted octanol–water partition coefficient (Wildman–Crippen LogP) is 10.3. The van der Waals surface area contributed by atoms with Gasteiger partial charge in [0.15, 0.2) is 6.10 Å². The van der Waals surface area contributed by atoms with E-state index in [1.165, 1.54) is 44.9 Å². The molecule has 0 saturated heterocycles. The molecule has 0 aliphatic rings. The fraction of sp³-hybridized carbons (Fsp3) is 0.650. The second-order valence-electron chi connectivity index (χ2n) is 12.2. The van der Waals surface area contributed by atoms with Crippen molar-refractivity contribution >= 4 is 19.8 Å². The van der Waals surface area contributed by atoms with Crippen LogP contribution in [0.2, 0.25) is 0 Å². The van der Waals surface area contributed by atoms with Gasteiger partial charge in [0.25, 0.3) is 0 Å². The first-order valence-corrected chi connectivity index (χ1v) is 20.5. The minimum absolute atomic E-state index is 0.0391. The van der Waals surface area contributed by atoms with E-state index in [1.54, 1.807) is 0 Å². The lowest BCUT2D eigenvalue weighted by Gasteiger charge is -2.19. The molecule has 0 aliphatic heterocycles. The van der Waals surface area contributed by atoms with Crippen LogP contribution in [-0.2, 0) is 32.7 Å². The van der Waals surface area contributed by atoms with E-state index in [1.807, 2.05) is 36.5 Å². The summed E-state index contributed by atoms with van der Waals surface area (Å²) in [6.07, 6.45) is 42.3. The first kappa shape index (κ1) is 47.4. The maximum atomic E-state index is 12.5. The van der Waals surface area contributed by atoms with Gasteiger partial charge in [-0.25, -0.2) is 4.57 Å². The number of unbranched alkanes of at least 4 members (excludes halogenated alkanes) is 13. The Kier molecular flexibility index (Phi) is 34.4. The normalized spacial score (nSPS) is 14.2. The van der Waals surface area contributed by atoms with Gasteiger partial charge < -0.3 is 20.1 Å². The van der Waals surface area contributed by atoms with E-state index in [9.17, 15) is 19.0 Å². The number of phosphoric ester groups is 1. The molecular formula is C40H68NO8P. The molecule has 10 heteroatoms. The molecule has 0 heterocycles. The van der Waals surface area contributed by atoms with Crippen molar-refractivity contribution in [2.45, 2.75) is 142 Å².